The van der Waals surface area contributed by atoms with Crippen molar-refractivity contribution in [3.63, 3.8) is 0 Å². The van der Waals surface area contributed by atoms with Gasteiger partial charge in [0.05, 0.1) is 23.0 Å². The van der Waals surface area contributed by atoms with Crippen molar-refractivity contribution in [1.82, 2.24) is 4.98 Å². The fraction of sp³-hybridized carbons (Fsp3) is 0.217. The number of benzene rings is 2. The average Bonchev–Trinajstić information content (AvgIpc) is 3.18. The standard InChI is InChI=1S/C23H23FN2O4S/c1-16-25-19(15-31-16)14-30-20-7-3-17(4-8-20)5-10-23(27)26-21-13-18(24)6-9-22(21)29-12-11-28-2/h3-10,13,15H,11-12,14H2,1-2H3,(H,26,27)/b10-5+. The van der Waals surface area contributed by atoms with Gasteiger partial charge in [-0.25, -0.2) is 9.37 Å². The summed E-state index contributed by atoms with van der Waals surface area (Å²) in [5, 5.41) is 5.61. The summed E-state index contributed by atoms with van der Waals surface area (Å²) in [7, 11) is 1.56. The minimum Gasteiger partial charge on any atom is -0.489 e. The number of aryl methyl sites for hydroxylation is 1. The molecular formula is C23H23FN2O4S. The van der Waals surface area contributed by atoms with Gasteiger partial charge >= 0.3 is 0 Å². The lowest BCUT2D eigenvalue weighted by molar-refractivity contribution is -0.111. The quantitative estimate of drug-likeness (QED) is 0.359. The molecule has 3 rings (SSSR count). The Bertz CT molecular complexity index is 1030. The third kappa shape index (κ3) is 7.20. The summed E-state index contributed by atoms with van der Waals surface area (Å²) in [6.45, 7) is 3.03. The summed E-state index contributed by atoms with van der Waals surface area (Å²) in [5.74, 6) is 0.213. The minimum atomic E-state index is -0.471. The van der Waals surface area contributed by atoms with Crippen LogP contribution in [0.3, 0.4) is 0 Å². The first-order valence-electron chi connectivity index (χ1n) is 9.57. The van der Waals surface area contributed by atoms with Gasteiger partial charge in [0.1, 0.15) is 30.5 Å². The molecule has 0 saturated carbocycles. The van der Waals surface area contributed by atoms with Gasteiger partial charge in [0, 0.05) is 24.6 Å². The molecule has 0 fully saturated rings. The van der Waals surface area contributed by atoms with Crippen LogP contribution in [0.4, 0.5) is 10.1 Å². The van der Waals surface area contributed by atoms with E-state index in [2.05, 4.69) is 10.3 Å². The molecule has 1 heterocycles. The third-order valence-electron chi connectivity index (χ3n) is 4.11. The Kier molecular flexibility index (Phi) is 8.14. The Labute approximate surface area is 184 Å². The van der Waals surface area contributed by atoms with Crippen molar-refractivity contribution in [2.75, 3.05) is 25.6 Å². The van der Waals surface area contributed by atoms with Crippen molar-refractivity contribution >= 4 is 29.0 Å². The lowest BCUT2D eigenvalue weighted by Gasteiger charge is -2.11. The van der Waals surface area contributed by atoms with Gasteiger partial charge in [0.25, 0.3) is 0 Å². The van der Waals surface area contributed by atoms with E-state index in [1.807, 2.05) is 36.6 Å². The molecule has 0 aliphatic rings. The number of nitrogens with zero attached hydrogens (tertiary/aromatic N) is 1. The highest BCUT2D eigenvalue weighted by Gasteiger charge is 2.08. The number of carbonyl (C=O) groups is 1. The fourth-order valence-electron chi connectivity index (χ4n) is 2.61. The van der Waals surface area contributed by atoms with Gasteiger partial charge in [-0.15, -0.1) is 11.3 Å². The molecule has 162 valence electrons. The van der Waals surface area contributed by atoms with Crippen molar-refractivity contribution in [1.29, 1.82) is 0 Å². The predicted molar refractivity (Wildman–Crippen MR) is 119 cm³/mol. The maximum absolute atomic E-state index is 13.6. The monoisotopic (exact) mass is 442 g/mol. The Balaban J connectivity index is 1.55. The smallest absolute Gasteiger partial charge is 0.248 e. The van der Waals surface area contributed by atoms with E-state index in [-0.39, 0.29) is 12.3 Å². The molecule has 0 aliphatic carbocycles. The first kappa shape index (κ1) is 22.5. The second kappa shape index (κ2) is 11.2. The van der Waals surface area contributed by atoms with Crippen LogP contribution in [-0.2, 0) is 16.1 Å². The number of aromatic nitrogens is 1. The van der Waals surface area contributed by atoms with E-state index in [0.717, 1.165) is 16.3 Å². The zero-order chi connectivity index (χ0) is 22.1. The van der Waals surface area contributed by atoms with Crippen molar-refractivity contribution in [2.45, 2.75) is 13.5 Å². The van der Waals surface area contributed by atoms with Crippen LogP contribution in [0.1, 0.15) is 16.3 Å². The van der Waals surface area contributed by atoms with E-state index in [9.17, 15) is 9.18 Å². The Hall–Kier alpha value is -3.23. The van der Waals surface area contributed by atoms with Crippen LogP contribution in [0.2, 0.25) is 0 Å². The molecule has 1 aromatic heterocycles. The minimum absolute atomic E-state index is 0.256. The van der Waals surface area contributed by atoms with E-state index in [0.29, 0.717) is 24.7 Å². The number of carbonyl (C=O) groups excluding carboxylic acids is 1. The van der Waals surface area contributed by atoms with Crippen molar-refractivity contribution < 1.29 is 23.4 Å². The van der Waals surface area contributed by atoms with Crippen LogP contribution in [-0.4, -0.2) is 31.2 Å². The molecule has 2 aromatic carbocycles. The van der Waals surface area contributed by atoms with Gasteiger partial charge in [-0.3, -0.25) is 4.79 Å². The zero-order valence-corrected chi connectivity index (χ0v) is 18.1. The van der Waals surface area contributed by atoms with Gasteiger partial charge in [-0.05, 0) is 42.8 Å². The van der Waals surface area contributed by atoms with Crippen LogP contribution in [0.5, 0.6) is 11.5 Å². The van der Waals surface area contributed by atoms with Crippen LogP contribution in [0.25, 0.3) is 6.08 Å². The zero-order valence-electron chi connectivity index (χ0n) is 17.3. The molecule has 0 saturated heterocycles. The van der Waals surface area contributed by atoms with Gasteiger partial charge in [-0.1, -0.05) is 12.1 Å². The molecule has 1 N–H and O–H groups in total. The number of methoxy groups -OCH3 is 1. The van der Waals surface area contributed by atoms with Gasteiger partial charge in [0.15, 0.2) is 0 Å². The first-order chi connectivity index (χ1) is 15.0. The highest BCUT2D eigenvalue weighted by molar-refractivity contribution is 7.09. The summed E-state index contributed by atoms with van der Waals surface area (Å²) in [4.78, 5) is 16.6. The van der Waals surface area contributed by atoms with E-state index in [4.69, 9.17) is 14.2 Å². The van der Waals surface area contributed by atoms with E-state index < -0.39 is 11.7 Å². The summed E-state index contributed by atoms with van der Waals surface area (Å²) in [6, 6.07) is 11.3. The molecule has 0 unspecified atom stereocenters. The van der Waals surface area contributed by atoms with Gasteiger partial charge < -0.3 is 19.5 Å². The molecule has 0 radical (unpaired) electrons. The molecule has 1 amide bonds. The number of amides is 1. The molecule has 0 atom stereocenters. The van der Waals surface area contributed by atoms with Crippen LogP contribution in [0.15, 0.2) is 53.9 Å². The van der Waals surface area contributed by atoms with Gasteiger partial charge in [0.2, 0.25) is 5.91 Å². The summed E-state index contributed by atoms with van der Waals surface area (Å²) >= 11 is 1.59. The van der Waals surface area contributed by atoms with E-state index in [1.165, 1.54) is 24.3 Å². The Morgan fingerprint density at radius 3 is 2.68 bits per heavy atom. The summed E-state index contributed by atoms with van der Waals surface area (Å²) in [5.41, 5.74) is 1.97. The molecule has 3 aromatic rings. The summed E-state index contributed by atoms with van der Waals surface area (Å²) < 4.78 is 29.7. The maximum atomic E-state index is 13.6. The van der Waals surface area contributed by atoms with E-state index in [1.54, 1.807) is 24.5 Å². The topological polar surface area (TPSA) is 69.7 Å². The third-order valence-corrected chi connectivity index (χ3v) is 4.93. The predicted octanol–water partition coefficient (Wildman–Crippen LogP) is 4.85. The number of halogens is 1. The number of ether oxygens (including phenoxy) is 3. The number of hydrogen-bond donors (Lipinski definition) is 1. The highest BCUT2D eigenvalue weighted by Crippen LogP contribution is 2.25. The second-order valence-electron chi connectivity index (χ2n) is 6.52. The number of thiazole rings is 1. The average molecular weight is 443 g/mol. The number of hydrogen-bond acceptors (Lipinski definition) is 6. The number of nitrogens with one attached hydrogen (secondary N) is 1. The molecular weight excluding hydrogens is 419 g/mol. The van der Waals surface area contributed by atoms with Crippen LogP contribution < -0.4 is 14.8 Å². The molecule has 8 heteroatoms. The highest BCUT2D eigenvalue weighted by atomic mass is 32.1. The first-order valence-corrected chi connectivity index (χ1v) is 10.5. The van der Waals surface area contributed by atoms with Crippen LogP contribution in [0, 0.1) is 12.7 Å². The molecule has 0 spiro atoms. The van der Waals surface area contributed by atoms with E-state index >= 15 is 0 Å². The molecule has 31 heavy (non-hydrogen) atoms. The SMILES string of the molecule is COCCOc1ccc(F)cc1NC(=O)/C=C/c1ccc(OCc2csc(C)n2)cc1. The van der Waals surface area contributed by atoms with Crippen molar-refractivity contribution in [3.8, 4) is 11.5 Å². The summed E-state index contributed by atoms with van der Waals surface area (Å²) in [6.07, 6.45) is 3.03. The second-order valence-corrected chi connectivity index (χ2v) is 7.58. The van der Waals surface area contributed by atoms with Crippen LogP contribution >= 0.6 is 11.3 Å². The van der Waals surface area contributed by atoms with Gasteiger partial charge in [-0.2, -0.15) is 0 Å². The number of rotatable bonds is 10. The fourth-order valence-corrected chi connectivity index (χ4v) is 3.21. The maximum Gasteiger partial charge on any atom is 0.248 e. The Morgan fingerprint density at radius 1 is 1.16 bits per heavy atom. The van der Waals surface area contributed by atoms with Crippen molar-refractivity contribution in [3.05, 3.63) is 76.0 Å². The lowest BCUT2D eigenvalue weighted by Crippen LogP contribution is -2.11. The van der Waals surface area contributed by atoms with Crippen molar-refractivity contribution in [2.24, 2.45) is 0 Å². The Morgan fingerprint density at radius 2 is 1.97 bits per heavy atom. The largest absolute Gasteiger partial charge is 0.489 e. The lowest BCUT2D eigenvalue weighted by atomic mass is 10.2. The normalized spacial score (nSPS) is 10.9. The molecule has 0 aliphatic heterocycles. The molecule has 0 bridgehead atoms. The molecule has 6 nitrogen and oxygen atoms in total. The number of anilines is 1.